The van der Waals surface area contributed by atoms with E-state index < -0.39 is 33.4 Å². The number of nitrogens with one attached hydrogen (secondary N) is 1. The van der Waals surface area contributed by atoms with Gasteiger partial charge in [0.2, 0.25) is 10.0 Å². The normalized spacial score (nSPS) is 11.0. The van der Waals surface area contributed by atoms with Gasteiger partial charge in [0.05, 0.1) is 15.4 Å². The third-order valence-corrected chi connectivity index (χ3v) is 4.83. The molecule has 0 spiro atoms. The first-order valence-corrected chi connectivity index (χ1v) is 9.39. The Hall–Kier alpha value is -3.31. The number of primary sulfonamides is 1. The van der Waals surface area contributed by atoms with Gasteiger partial charge in [-0.1, -0.05) is 18.2 Å². The van der Waals surface area contributed by atoms with Crippen LogP contribution < -0.4 is 10.5 Å². The topological polar surface area (TPSA) is 159 Å². The monoisotopic (exact) mass is 407 g/mol. The number of benzene rings is 2. The molecule has 0 heterocycles. The van der Waals surface area contributed by atoms with Crippen LogP contribution in [0.4, 0.5) is 11.4 Å². The summed E-state index contributed by atoms with van der Waals surface area (Å²) in [5, 5.41) is 18.5. The van der Waals surface area contributed by atoms with Gasteiger partial charge >= 0.3 is 5.97 Å². The van der Waals surface area contributed by atoms with E-state index in [-0.39, 0.29) is 21.8 Å². The van der Waals surface area contributed by atoms with E-state index in [4.69, 9.17) is 9.88 Å². The molecule has 3 N–H and O–H groups in total. The number of para-hydroxylation sites is 1. The molecule has 0 radical (unpaired) electrons. The molecule has 10 nitrogen and oxygen atoms in total. The van der Waals surface area contributed by atoms with Crippen molar-refractivity contribution >= 4 is 33.3 Å². The summed E-state index contributed by atoms with van der Waals surface area (Å²) in [6, 6.07) is 8.05. The number of nitrogens with zero attached hydrogens (tertiary/aromatic N) is 1. The quantitative estimate of drug-likeness (QED) is 0.418. The third-order valence-electron chi connectivity index (χ3n) is 3.78. The van der Waals surface area contributed by atoms with Crippen LogP contribution in [0.3, 0.4) is 0 Å². The minimum absolute atomic E-state index is 0.000367. The van der Waals surface area contributed by atoms with Crippen molar-refractivity contribution in [3.8, 4) is 0 Å². The van der Waals surface area contributed by atoms with Crippen LogP contribution in [-0.4, -0.2) is 31.8 Å². The van der Waals surface area contributed by atoms with Gasteiger partial charge in [-0.25, -0.2) is 18.4 Å². The Morgan fingerprint density at radius 3 is 2.46 bits per heavy atom. The number of ether oxygens (including phenoxy) is 1. The number of anilines is 1. The highest BCUT2D eigenvalue weighted by atomic mass is 32.2. The molecule has 0 atom stereocenters. The summed E-state index contributed by atoms with van der Waals surface area (Å²) in [5.74, 6) is -1.73. The summed E-state index contributed by atoms with van der Waals surface area (Å²) in [7, 11) is -4.03. The van der Waals surface area contributed by atoms with E-state index in [2.05, 4.69) is 5.32 Å². The van der Waals surface area contributed by atoms with Crippen molar-refractivity contribution in [3.63, 3.8) is 0 Å². The number of carbonyl (C=O) groups is 2. The number of hydrogen-bond acceptors (Lipinski definition) is 7. The number of nitro groups is 1. The number of rotatable bonds is 6. The second-order valence-electron chi connectivity index (χ2n) is 5.88. The van der Waals surface area contributed by atoms with Crippen molar-refractivity contribution in [1.82, 2.24) is 0 Å². The van der Waals surface area contributed by atoms with Crippen LogP contribution in [0.1, 0.15) is 21.5 Å². The molecule has 2 rings (SSSR count). The average molecular weight is 407 g/mol. The van der Waals surface area contributed by atoms with E-state index in [1.807, 2.05) is 0 Å². The summed E-state index contributed by atoms with van der Waals surface area (Å²) in [6.07, 6.45) is 0. The molecule has 0 unspecified atom stereocenters. The fraction of sp³-hybridized carbons (Fsp3) is 0.176. The Morgan fingerprint density at radius 2 is 1.86 bits per heavy atom. The van der Waals surface area contributed by atoms with Gasteiger partial charge in [0, 0.05) is 6.07 Å². The number of nitrogens with two attached hydrogens (primary N) is 1. The van der Waals surface area contributed by atoms with Gasteiger partial charge in [0.1, 0.15) is 5.69 Å². The zero-order chi connectivity index (χ0) is 21.1. The van der Waals surface area contributed by atoms with Crippen molar-refractivity contribution in [2.75, 3.05) is 11.9 Å². The number of nitro benzene ring substituents is 1. The van der Waals surface area contributed by atoms with E-state index >= 15 is 0 Å². The van der Waals surface area contributed by atoms with E-state index in [0.29, 0.717) is 11.1 Å². The van der Waals surface area contributed by atoms with Gasteiger partial charge in [0.25, 0.3) is 11.6 Å². The third kappa shape index (κ3) is 4.90. The predicted molar refractivity (Wildman–Crippen MR) is 99.3 cm³/mol. The zero-order valence-electron chi connectivity index (χ0n) is 15.0. The molecule has 28 heavy (non-hydrogen) atoms. The molecule has 11 heteroatoms. The lowest BCUT2D eigenvalue weighted by atomic mass is 10.1. The fourth-order valence-electron chi connectivity index (χ4n) is 2.39. The highest BCUT2D eigenvalue weighted by Gasteiger charge is 2.20. The molecule has 0 aliphatic carbocycles. The molecule has 148 valence electrons. The fourth-order valence-corrected chi connectivity index (χ4v) is 3.20. The van der Waals surface area contributed by atoms with Crippen molar-refractivity contribution in [3.05, 3.63) is 63.2 Å². The molecule has 0 fully saturated rings. The van der Waals surface area contributed by atoms with Crippen LogP contribution in [0, 0.1) is 24.0 Å². The molecular formula is C17H17N3O7S. The predicted octanol–water partition coefficient (Wildman–Crippen LogP) is 1.65. The SMILES string of the molecule is Cc1ccc(C(=O)OCC(=O)Nc2c(C)cccc2[N+](=O)[O-])cc1S(N)(=O)=O. The number of amides is 1. The standard InChI is InChI=1S/C17H17N3O7S/c1-10-6-7-12(8-14(10)28(18,25)26)17(22)27-9-15(21)19-16-11(2)4-3-5-13(16)20(23)24/h3-8H,9H2,1-2H3,(H,19,21)(H2,18,25,26). The molecule has 0 aliphatic heterocycles. The van der Waals surface area contributed by atoms with Crippen LogP contribution in [0.2, 0.25) is 0 Å². The van der Waals surface area contributed by atoms with Crippen LogP contribution in [0.15, 0.2) is 41.3 Å². The van der Waals surface area contributed by atoms with Crippen LogP contribution in [-0.2, 0) is 19.6 Å². The minimum Gasteiger partial charge on any atom is -0.452 e. The van der Waals surface area contributed by atoms with E-state index in [1.165, 1.54) is 31.2 Å². The van der Waals surface area contributed by atoms with E-state index in [0.717, 1.165) is 6.07 Å². The summed E-state index contributed by atoms with van der Waals surface area (Å²) >= 11 is 0. The summed E-state index contributed by atoms with van der Waals surface area (Å²) in [6.45, 7) is 2.37. The van der Waals surface area contributed by atoms with Crippen molar-refractivity contribution in [1.29, 1.82) is 0 Å². The Morgan fingerprint density at radius 1 is 1.18 bits per heavy atom. The summed E-state index contributed by atoms with van der Waals surface area (Å²) in [5.41, 5.74) is 0.412. The largest absolute Gasteiger partial charge is 0.452 e. The average Bonchev–Trinajstić information content (AvgIpc) is 2.60. The van der Waals surface area contributed by atoms with Crippen molar-refractivity contribution < 1.29 is 27.7 Å². The molecule has 0 saturated heterocycles. The molecule has 2 aromatic rings. The lowest BCUT2D eigenvalue weighted by molar-refractivity contribution is -0.384. The summed E-state index contributed by atoms with van der Waals surface area (Å²) in [4.78, 5) is 34.3. The number of carbonyl (C=O) groups excluding carboxylic acids is 2. The molecule has 0 bridgehead atoms. The lowest BCUT2D eigenvalue weighted by Gasteiger charge is -2.10. The molecule has 2 aromatic carbocycles. The Balaban J connectivity index is 2.10. The molecule has 0 aliphatic rings. The first-order valence-electron chi connectivity index (χ1n) is 7.85. The zero-order valence-corrected chi connectivity index (χ0v) is 15.8. The summed E-state index contributed by atoms with van der Waals surface area (Å²) < 4.78 is 27.9. The van der Waals surface area contributed by atoms with Gasteiger partial charge in [-0.05, 0) is 37.1 Å². The molecule has 0 saturated carbocycles. The van der Waals surface area contributed by atoms with Gasteiger partial charge < -0.3 is 10.1 Å². The first-order chi connectivity index (χ1) is 13.0. The Kier molecular flexibility index (Phi) is 6.11. The number of hydrogen-bond donors (Lipinski definition) is 2. The maximum atomic E-state index is 12.1. The van der Waals surface area contributed by atoms with Crippen LogP contribution >= 0.6 is 0 Å². The van der Waals surface area contributed by atoms with Gasteiger partial charge in [0.15, 0.2) is 6.61 Å². The van der Waals surface area contributed by atoms with Crippen molar-refractivity contribution in [2.24, 2.45) is 5.14 Å². The highest BCUT2D eigenvalue weighted by molar-refractivity contribution is 7.89. The smallest absolute Gasteiger partial charge is 0.338 e. The molecular weight excluding hydrogens is 390 g/mol. The van der Waals surface area contributed by atoms with Crippen molar-refractivity contribution in [2.45, 2.75) is 18.7 Å². The maximum Gasteiger partial charge on any atom is 0.338 e. The van der Waals surface area contributed by atoms with E-state index in [1.54, 1.807) is 13.0 Å². The Labute approximate surface area is 160 Å². The molecule has 0 aromatic heterocycles. The number of aryl methyl sites for hydroxylation is 2. The van der Waals surface area contributed by atoms with Gasteiger partial charge in [-0.15, -0.1) is 0 Å². The van der Waals surface area contributed by atoms with Crippen LogP contribution in [0.25, 0.3) is 0 Å². The van der Waals surface area contributed by atoms with Gasteiger partial charge in [-0.3, -0.25) is 14.9 Å². The Bertz CT molecular complexity index is 1060. The first kappa shape index (κ1) is 21.0. The van der Waals surface area contributed by atoms with Crippen LogP contribution in [0.5, 0.6) is 0 Å². The maximum absolute atomic E-state index is 12.1. The number of sulfonamides is 1. The lowest BCUT2D eigenvalue weighted by Crippen LogP contribution is -2.22. The van der Waals surface area contributed by atoms with E-state index in [9.17, 15) is 28.1 Å². The second kappa shape index (κ2) is 8.15. The van der Waals surface area contributed by atoms with Gasteiger partial charge in [-0.2, -0.15) is 0 Å². The second-order valence-corrected chi connectivity index (χ2v) is 7.41. The molecule has 1 amide bonds. The number of esters is 1. The highest BCUT2D eigenvalue weighted by Crippen LogP contribution is 2.27. The minimum atomic E-state index is -4.03.